The number of hydrogen-bond acceptors (Lipinski definition) is 4. The summed E-state index contributed by atoms with van der Waals surface area (Å²) in [5, 5.41) is 9.86. The maximum atomic E-state index is 9.86. The molecular formula is C14H23NO3. The maximum absolute atomic E-state index is 9.86. The molecule has 1 aromatic carbocycles. The number of aliphatic hydroxyl groups excluding tert-OH is 1. The zero-order chi connectivity index (χ0) is 13.2. The number of anilines is 1. The molecule has 0 fully saturated rings. The van der Waals surface area contributed by atoms with E-state index >= 15 is 0 Å². The first-order valence-electron chi connectivity index (χ1n) is 6.43. The zero-order valence-electron chi connectivity index (χ0n) is 11.0. The Labute approximate surface area is 109 Å². The quantitative estimate of drug-likeness (QED) is 0.523. The van der Waals surface area contributed by atoms with Gasteiger partial charge in [-0.1, -0.05) is 25.5 Å². The Bertz CT molecular complexity index is 331. The van der Waals surface area contributed by atoms with Crippen molar-refractivity contribution in [3.63, 3.8) is 0 Å². The second-order valence-electron chi connectivity index (χ2n) is 4.23. The molecule has 0 spiro atoms. The molecular weight excluding hydrogens is 230 g/mol. The first-order chi connectivity index (χ1) is 8.74. The van der Waals surface area contributed by atoms with E-state index < -0.39 is 6.10 Å². The van der Waals surface area contributed by atoms with Crippen LogP contribution in [0.5, 0.6) is 0 Å². The summed E-state index contributed by atoms with van der Waals surface area (Å²) >= 11 is 0. The topological polar surface area (TPSA) is 64.7 Å². The molecule has 0 aliphatic heterocycles. The smallest absolute Gasteiger partial charge is 0.102 e. The average Bonchev–Trinajstić information content (AvgIpc) is 2.37. The fourth-order valence-electron chi connectivity index (χ4n) is 1.52. The number of nitrogen functional groups attached to an aromatic ring is 1. The van der Waals surface area contributed by atoms with Crippen molar-refractivity contribution in [1.82, 2.24) is 0 Å². The van der Waals surface area contributed by atoms with Gasteiger partial charge in [0.1, 0.15) is 6.10 Å². The Morgan fingerprint density at radius 2 is 2.00 bits per heavy atom. The van der Waals surface area contributed by atoms with Gasteiger partial charge in [0.2, 0.25) is 0 Å². The predicted octanol–water partition coefficient (Wildman–Crippen LogP) is 2.14. The van der Waals surface area contributed by atoms with E-state index in [9.17, 15) is 5.11 Å². The van der Waals surface area contributed by atoms with Gasteiger partial charge >= 0.3 is 0 Å². The molecule has 0 radical (unpaired) electrons. The van der Waals surface area contributed by atoms with Crippen LogP contribution >= 0.6 is 0 Å². The highest BCUT2D eigenvalue weighted by Crippen LogP contribution is 2.15. The van der Waals surface area contributed by atoms with Gasteiger partial charge in [-0.15, -0.1) is 0 Å². The molecule has 1 atom stereocenters. The molecule has 3 N–H and O–H groups in total. The number of rotatable bonds is 9. The van der Waals surface area contributed by atoms with Gasteiger partial charge in [0.15, 0.2) is 0 Å². The van der Waals surface area contributed by atoms with Gasteiger partial charge in [-0.05, 0) is 24.1 Å². The summed E-state index contributed by atoms with van der Waals surface area (Å²) in [7, 11) is 0. The minimum absolute atomic E-state index is 0.264. The SMILES string of the molecule is CCCCOCCOCC(O)c1cccc(N)c1. The lowest BCUT2D eigenvalue weighted by Crippen LogP contribution is -2.11. The van der Waals surface area contributed by atoms with Crippen molar-refractivity contribution in [3.05, 3.63) is 29.8 Å². The van der Waals surface area contributed by atoms with E-state index in [1.54, 1.807) is 12.1 Å². The van der Waals surface area contributed by atoms with Crippen LogP contribution in [-0.4, -0.2) is 31.5 Å². The van der Waals surface area contributed by atoms with Gasteiger partial charge in [0, 0.05) is 12.3 Å². The highest BCUT2D eigenvalue weighted by atomic mass is 16.5. The molecule has 18 heavy (non-hydrogen) atoms. The van der Waals surface area contributed by atoms with E-state index in [4.69, 9.17) is 15.2 Å². The molecule has 102 valence electrons. The van der Waals surface area contributed by atoms with E-state index in [1.807, 2.05) is 12.1 Å². The minimum atomic E-state index is -0.635. The Balaban J connectivity index is 2.12. The van der Waals surface area contributed by atoms with Crippen LogP contribution in [0, 0.1) is 0 Å². The van der Waals surface area contributed by atoms with Gasteiger partial charge in [-0.25, -0.2) is 0 Å². The van der Waals surface area contributed by atoms with Gasteiger partial charge < -0.3 is 20.3 Å². The van der Waals surface area contributed by atoms with Crippen LogP contribution in [0.15, 0.2) is 24.3 Å². The van der Waals surface area contributed by atoms with Gasteiger partial charge in [-0.2, -0.15) is 0 Å². The maximum Gasteiger partial charge on any atom is 0.102 e. The molecule has 0 aliphatic rings. The monoisotopic (exact) mass is 253 g/mol. The van der Waals surface area contributed by atoms with Gasteiger partial charge in [-0.3, -0.25) is 0 Å². The summed E-state index contributed by atoms with van der Waals surface area (Å²) in [6.45, 7) is 4.24. The summed E-state index contributed by atoms with van der Waals surface area (Å²) in [6, 6.07) is 7.20. The highest BCUT2D eigenvalue weighted by molar-refractivity contribution is 5.41. The molecule has 4 heteroatoms. The number of hydrogen-bond donors (Lipinski definition) is 2. The van der Waals surface area contributed by atoms with Crippen molar-refractivity contribution in [2.24, 2.45) is 0 Å². The summed E-state index contributed by atoms with van der Waals surface area (Å²) in [5.41, 5.74) is 7.07. The third kappa shape index (κ3) is 6.00. The molecule has 4 nitrogen and oxygen atoms in total. The average molecular weight is 253 g/mol. The highest BCUT2D eigenvalue weighted by Gasteiger charge is 2.07. The molecule has 0 bridgehead atoms. The Morgan fingerprint density at radius 3 is 2.72 bits per heavy atom. The van der Waals surface area contributed by atoms with Crippen LogP contribution in [-0.2, 0) is 9.47 Å². The van der Waals surface area contributed by atoms with Crippen LogP contribution in [0.25, 0.3) is 0 Å². The minimum Gasteiger partial charge on any atom is -0.399 e. The van der Waals surface area contributed by atoms with E-state index in [0.29, 0.717) is 18.9 Å². The molecule has 0 amide bonds. The van der Waals surface area contributed by atoms with Crippen molar-refractivity contribution >= 4 is 5.69 Å². The van der Waals surface area contributed by atoms with Crippen molar-refractivity contribution in [3.8, 4) is 0 Å². The predicted molar refractivity (Wildman–Crippen MR) is 72.4 cm³/mol. The fraction of sp³-hybridized carbons (Fsp3) is 0.571. The molecule has 1 unspecified atom stereocenters. The third-order valence-electron chi connectivity index (χ3n) is 2.59. The zero-order valence-corrected chi connectivity index (χ0v) is 11.0. The van der Waals surface area contributed by atoms with Crippen molar-refractivity contribution in [2.75, 3.05) is 32.2 Å². The molecule has 0 aromatic heterocycles. The molecule has 1 aromatic rings. The summed E-state index contributed by atoms with van der Waals surface area (Å²) in [4.78, 5) is 0. The molecule has 0 heterocycles. The van der Waals surface area contributed by atoms with E-state index in [1.165, 1.54) is 0 Å². The van der Waals surface area contributed by atoms with Gasteiger partial charge in [0.05, 0.1) is 19.8 Å². The summed E-state index contributed by atoms with van der Waals surface area (Å²) in [6.07, 6.45) is 1.57. The number of benzene rings is 1. The number of aliphatic hydroxyl groups is 1. The fourth-order valence-corrected chi connectivity index (χ4v) is 1.52. The van der Waals surface area contributed by atoms with Crippen LogP contribution in [0.2, 0.25) is 0 Å². The lowest BCUT2D eigenvalue weighted by atomic mass is 10.1. The van der Waals surface area contributed by atoms with Crippen LogP contribution < -0.4 is 5.73 Å². The number of unbranched alkanes of at least 4 members (excludes halogenated alkanes) is 1. The van der Waals surface area contributed by atoms with Crippen LogP contribution in [0.3, 0.4) is 0 Å². The van der Waals surface area contributed by atoms with E-state index in [2.05, 4.69) is 6.92 Å². The Hall–Kier alpha value is -1.10. The summed E-state index contributed by atoms with van der Waals surface area (Å²) in [5.74, 6) is 0. The van der Waals surface area contributed by atoms with Crippen molar-refractivity contribution in [1.29, 1.82) is 0 Å². The first kappa shape index (κ1) is 15.0. The van der Waals surface area contributed by atoms with Crippen LogP contribution in [0.1, 0.15) is 31.4 Å². The normalized spacial score (nSPS) is 12.6. The largest absolute Gasteiger partial charge is 0.399 e. The van der Waals surface area contributed by atoms with E-state index in [0.717, 1.165) is 25.0 Å². The second-order valence-corrected chi connectivity index (χ2v) is 4.23. The van der Waals surface area contributed by atoms with Crippen LogP contribution in [0.4, 0.5) is 5.69 Å². The molecule has 1 rings (SSSR count). The number of nitrogens with two attached hydrogens (primary N) is 1. The van der Waals surface area contributed by atoms with Crippen molar-refractivity contribution in [2.45, 2.75) is 25.9 Å². The molecule has 0 aliphatic carbocycles. The standard InChI is InChI=1S/C14H23NO3/c1-2-3-7-17-8-9-18-11-14(16)12-5-4-6-13(15)10-12/h4-6,10,14,16H,2-3,7-9,11,15H2,1H3. The third-order valence-corrected chi connectivity index (χ3v) is 2.59. The lowest BCUT2D eigenvalue weighted by Gasteiger charge is -2.12. The first-order valence-corrected chi connectivity index (χ1v) is 6.43. The Kier molecular flexibility index (Phi) is 7.41. The molecule has 0 saturated heterocycles. The number of ether oxygens (including phenoxy) is 2. The molecule has 0 saturated carbocycles. The van der Waals surface area contributed by atoms with Crippen molar-refractivity contribution < 1.29 is 14.6 Å². The second kappa shape index (κ2) is 8.91. The Morgan fingerprint density at radius 1 is 1.22 bits per heavy atom. The lowest BCUT2D eigenvalue weighted by molar-refractivity contribution is 0.00276. The summed E-state index contributed by atoms with van der Waals surface area (Å²) < 4.78 is 10.7. The van der Waals surface area contributed by atoms with E-state index in [-0.39, 0.29) is 6.61 Å². The van der Waals surface area contributed by atoms with Gasteiger partial charge in [0.25, 0.3) is 0 Å².